The van der Waals surface area contributed by atoms with Gasteiger partial charge < -0.3 is 17.2 Å². The third kappa shape index (κ3) is 7.09. The van der Waals surface area contributed by atoms with Crippen LogP contribution >= 0.6 is 0 Å². The molecular weight excluding hydrogens is 713 g/mol. The molecular formula is C52H62N4O2. The second-order valence-corrected chi connectivity index (χ2v) is 17.8. The van der Waals surface area contributed by atoms with Gasteiger partial charge in [0.1, 0.15) is 0 Å². The van der Waals surface area contributed by atoms with Gasteiger partial charge in [0, 0.05) is 33.3 Å². The minimum absolute atomic E-state index is 0.152. The van der Waals surface area contributed by atoms with E-state index in [1.54, 1.807) is 24.3 Å². The van der Waals surface area contributed by atoms with Crippen molar-refractivity contribution < 1.29 is 9.59 Å². The van der Waals surface area contributed by atoms with Crippen molar-refractivity contribution >= 4 is 34.6 Å². The zero-order valence-electron chi connectivity index (χ0n) is 36.0. The second kappa shape index (κ2) is 15.8. The fourth-order valence-electron chi connectivity index (χ4n) is 10.7. The smallest absolute Gasteiger partial charge is 0.262 e. The van der Waals surface area contributed by atoms with Crippen molar-refractivity contribution in [3.8, 4) is 0 Å². The number of rotatable bonds is 8. The first-order chi connectivity index (χ1) is 27.6. The van der Waals surface area contributed by atoms with Crippen LogP contribution in [0.1, 0.15) is 152 Å². The summed E-state index contributed by atoms with van der Waals surface area (Å²) in [6.45, 7) is 17.0. The quantitative estimate of drug-likeness (QED) is 0.136. The number of anilines is 4. The van der Waals surface area contributed by atoms with Crippen LogP contribution in [-0.2, 0) is 10.8 Å². The number of hydrogen-bond donors (Lipinski definition) is 3. The first-order valence-corrected chi connectivity index (χ1v) is 21.3. The van der Waals surface area contributed by atoms with Crippen LogP contribution < -0.4 is 22.1 Å². The van der Waals surface area contributed by atoms with E-state index in [9.17, 15) is 4.79 Å². The molecule has 0 saturated heterocycles. The Hall–Kier alpha value is -5.36. The number of nitrogens with zero attached hydrogens (tertiary/aromatic N) is 1. The van der Waals surface area contributed by atoms with Gasteiger partial charge in [-0.3, -0.25) is 14.5 Å². The van der Waals surface area contributed by atoms with Crippen LogP contribution in [0.2, 0.25) is 0 Å². The molecule has 2 amide bonds. The maximum absolute atomic E-state index is 15.2. The molecule has 5 aromatic rings. The van der Waals surface area contributed by atoms with E-state index in [0.29, 0.717) is 11.1 Å². The number of aryl methyl sites for hydroxylation is 8. The predicted octanol–water partition coefficient (Wildman–Crippen LogP) is 11.9. The standard InChI is InChI=1S/C52H62N4O2/c1-31-22-41(23-32(2)45(31)53)51(18-11-9-12-19-51)43-26-35(5)47(36(6)27-43)56(50(58)40-17-15-16-39(30-40)49(55)57)48-37(7)28-44(29-38(48)8)52(20-13-10-14-21-52)42-24-33(3)46(54)34(4)25-42/h15-17,22-30H,9-14,18-21,53-54H2,1-8H3,(H2,55,57). The Labute approximate surface area is 346 Å². The second-order valence-electron chi connectivity index (χ2n) is 17.8. The summed E-state index contributed by atoms with van der Waals surface area (Å²) < 4.78 is 0. The van der Waals surface area contributed by atoms with Crippen molar-refractivity contribution in [1.29, 1.82) is 0 Å². The Bertz CT molecular complexity index is 2200. The van der Waals surface area contributed by atoms with Gasteiger partial charge in [-0.1, -0.05) is 93.1 Å². The third-order valence-corrected chi connectivity index (χ3v) is 13.8. The van der Waals surface area contributed by atoms with E-state index in [2.05, 4.69) is 104 Å². The summed E-state index contributed by atoms with van der Waals surface area (Å²) in [5, 5.41) is 0. The Morgan fingerprint density at radius 3 is 1.10 bits per heavy atom. The highest BCUT2D eigenvalue weighted by Gasteiger charge is 2.40. The molecule has 302 valence electrons. The van der Waals surface area contributed by atoms with Gasteiger partial charge in [0.05, 0.1) is 11.4 Å². The molecule has 6 nitrogen and oxygen atoms in total. The van der Waals surface area contributed by atoms with E-state index in [1.165, 1.54) is 35.1 Å². The minimum atomic E-state index is -0.563. The molecule has 7 rings (SSSR count). The predicted molar refractivity (Wildman–Crippen MR) is 242 cm³/mol. The van der Waals surface area contributed by atoms with Crippen molar-refractivity contribution in [2.45, 2.75) is 130 Å². The van der Waals surface area contributed by atoms with Gasteiger partial charge in [-0.2, -0.15) is 0 Å². The number of nitrogens with two attached hydrogens (primary N) is 3. The zero-order valence-corrected chi connectivity index (χ0v) is 36.0. The van der Waals surface area contributed by atoms with Crippen LogP contribution in [0.5, 0.6) is 0 Å². The van der Waals surface area contributed by atoms with Crippen molar-refractivity contribution in [3.63, 3.8) is 0 Å². The average molecular weight is 775 g/mol. The number of benzene rings is 5. The van der Waals surface area contributed by atoms with E-state index in [4.69, 9.17) is 17.2 Å². The summed E-state index contributed by atoms with van der Waals surface area (Å²) >= 11 is 0. The molecule has 6 heteroatoms. The van der Waals surface area contributed by atoms with Crippen LogP contribution in [-0.4, -0.2) is 11.8 Å². The van der Waals surface area contributed by atoms with E-state index in [0.717, 1.165) is 119 Å². The fraction of sp³-hybridized carbons (Fsp3) is 0.385. The number of hydrogen-bond acceptors (Lipinski definition) is 4. The number of amides is 2. The maximum atomic E-state index is 15.2. The largest absolute Gasteiger partial charge is 0.398 e. The molecule has 0 heterocycles. The van der Waals surface area contributed by atoms with Gasteiger partial charge in [-0.15, -0.1) is 0 Å². The Morgan fingerprint density at radius 2 is 0.776 bits per heavy atom. The van der Waals surface area contributed by atoms with E-state index >= 15 is 4.79 Å². The summed E-state index contributed by atoms with van der Waals surface area (Å²) in [7, 11) is 0. The lowest BCUT2D eigenvalue weighted by Gasteiger charge is -2.41. The normalized spacial score (nSPS) is 16.2. The maximum Gasteiger partial charge on any atom is 0.262 e. The molecule has 58 heavy (non-hydrogen) atoms. The molecule has 0 aliphatic heterocycles. The third-order valence-electron chi connectivity index (χ3n) is 13.8. The topological polar surface area (TPSA) is 115 Å². The number of carbonyl (C=O) groups excluding carboxylic acids is 2. The zero-order chi connectivity index (χ0) is 41.7. The summed E-state index contributed by atoms with van der Waals surface area (Å²) in [4.78, 5) is 29.5. The average Bonchev–Trinajstić information content (AvgIpc) is 3.20. The first kappa shape index (κ1) is 40.8. The highest BCUT2D eigenvalue weighted by molar-refractivity contribution is 6.13. The lowest BCUT2D eigenvalue weighted by Crippen LogP contribution is -2.33. The Kier molecular flexibility index (Phi) is 11.1. The molecule has 2 fully saturated rings. The Balaban J connectivity index is 1.43. The van der Waals surface area contributed by atoms with Gasteiger partial charge in [-0.25, -0.2) is 0 Å². The van der Waals surface area contributed by atoms with Crippen molar-refractivity contribution in [2.24, 2.45) is 5.73 Å². The summed E-state index contributed by atoms with van der Waals surface area (Å²) in [5.74, 6) is -0.762. The number of nitrogen functional groups attached to an aromatic ring is 2. The molecule has 0 unspecified atom stereocenters. The van der Waals surface area contributed by atoms with Gasteiger partial charge in [-0.05, 0) is 166 Å². The van der Waals surface area contributed by atoms with Gasteiger partial charge in [0.2, 0.25) is 5.91 Å². The monoisotopic (exact) mass is 774 g/mol. The van der Waals surface area contributed by atoms with Gasteiger partial charge >= 0.3 is 0 Å². The number of primary amides is 1. The molecule has 0 aromatic heterocycles. The van der Waals surface area contributed by atoms with E-state index in [1.807, 2.05) is 4.90 Å². The Morgan fingerprint density at radius 1 is 0.466 bits per heavy atom. The molecule has 2 saturated carbocycles. The fourth-order valence-corrected chi connectivity index (χ4v) is 10.7. The molecule has 0 atom stereocenters. The van der Waals surface area contributed by atoms with Gasteiger partial charge in [0.25, 0.3) is 5.91 Å². The van der Waals surface area contributed by atoms with E-state index < -0.39 is 5.91 Å². The molecule has 6 N–H and O–H groups in total. The SMILES string of the molecule is Cc1cc(C2(c3cc(C)c(N(C(=O)c4cccc(C(N)=O)c4)c4c(C)cc(C5(c6cc(C)c(N)c(C)c6)CCCCC5)cc4C)c(C)c3)CCCCC2)cc(C)c1N. The van der Waals surface area contributed by atoms with Crippen LogP contribution in [0.15, 0.2) is 72.8 Å². The minimum Gasteiger partial charge on any atom is -0.398 e. The molecule has 0 bridgehead atoms. The molecule has 2 aliphatic rings. The molecule has 0 spiro atoms. The molecule has 0 radical (unpaired) electrons. The van der Waals surface area contributed by atoms with Crippen LogP contribution in [0.3, 0.4) is 0 Å². The highest BCUT2D eigenvalue weighted by atomic mass is 16.2. The van der Waals surface area contributed by atoms with Crippen LogP contribution in [0, 0.1) is 55.4 Å². The van der Waals surface area contributed by atoms with Crippen molar-refractivity contribution in [3.05, 3.63) is 151 Å². The number of carbonyl (C=O) groups is 2. The van der Waals surface area contributed by atoms with E-state index in [-0.39, 0.29) is 16.7 Å². The summed E-state index contributed by atoms with van der Waals surface area (Å²) in [5.41, 5.74) is 36.4. The van der Waals surface area contributed by atoms with Crippen molar-refractivity contribution in [2.75, 3.05) is 16.4 Å². The summed E-state index contributed by atoms with van der Waals surface area (Å²) in [6.07, 6.45) is 11.3. The van der Waals surface area contributed by atoms with Crippen LogP contribution in [0.25, 0.3) is 0 Å². The van der Waals surface area contributed by atoms with Gasteiger partial charge in [0.15, 0.2) is 0 Å². The lowest BCUT2D eigenvalue weighted by molar-refractivity contribution is 0.0998. The highest BCUT2D eigenvalue weighted by Crippen LogP contribution is 2.50. The first-order valence-electron chi connectivity index (χ1n) is 21.3. The molecule has 2 aliphatic carbocycles. The molecule has 5 aromatic carbocycles. The van der Waals surface area contributed by atoms with Crippen LogP contribution in [0.4, 0.5) is 22.7 Å². The lowest BCUT2D eigenvalue weighted by atomic mass is 9.64. The van der Waals surface area contributed by atoms with Crippen molar-refractivity contribution in [1.82, 2.24) is 0 Å². The summed E-state index contributed by atoms with van der Waals surface area (Å²) in [6, 6.07) is 25.3.